The lowest BCUT2D eigenvalue weighted by atomic mass is 9.82. The van der Waals surface area contributed by atoms with Crippen LogP contribution in [0.15, 0.2) is 36.4 Å². The van der Waals surface area contributed by atoms with E-state index in [0.717, 1.165) is 11.1 Å². The van der Waals surface area contributed by atoms with Gasteiger partial charge in [-0.2, -0.15) is 0 Å². The highest BCUT2D eigenvalue weighted by Gasteiger charge is 2.29. The van der Waals surface area contributed by atoms with Crippen LogP contribution in [0.3, 0.4) is 0 Å². The monoisotopic (exact) mass is 431 g/mol. The molecule has 7 nitrogen and oxygen atoms in total. The maximum atomic E-state index is 13.0. The summed E-state index contributed by atoms with van der Waals surface area (Å²) in [6, 6.07) is 10.6. The standard InChI is InChI=1S/C24H33NO6/c1-15(2)25-24(28)19(11-17-6-8-20(27)22(12-17)30-4)18(14-26)10-16-7-9-21(29-3)23(13-16)31-5/h6-9,12-13,15,18-19,26-27H,10-11,14H2,1-5H3,(H,25,28)/t18-,19+/m0/s1. The SMILES string of the molecule is COc1cc(C[C@@H](C(=O)NC(C)C)[C@H](CO)Cc2ccc(OC)c(OC)c2)ccc1O. The predicted octanol–water partition coefficient (Wildman–Crippen LogP) is 2.95. The Labute approximate surface area is 184 Å². The Morgan fingerprint density at radius 2 is 1.48 bits per heavy atom. The van der Waals surface area contributed by atoms with Crippen molar-refractivity contribution in [3.05, 3.63) is 47.5 Å². The molecule has 2 aromatic carbocycles. The number of carbonyl (C=O) groups excluding carboxylic acids is 1. The van der Waals surface area contributed by atoms with Gasteiger partial charge in [-0.1, -0.05) is 12.1 Å². The number of hydrogen-bond donors (Lipinski definition) is 3. The molecule has 2 aromatic rings. The number of ether oxygens (including phenoxy) is 3. The second kappa shape index (κ2) is 11.5. The fraction of sp³-hybridized carbons (Fsp3) is 0.458. The maximum Gasteiger partial charge on any atom is 0.224 e. The quantitative estimate of drug-likeness (QED) is 0.506. The molecule has 0 heterocycles. The van der Waals surface area contributed by atoms with Crippen molar-refractivity contribution in [1.29, 1.82) is 0 Å². The maximum absolute atomic E-state index is 13.0. The van der Waals surface area contributed by atoms with Crippen molar-refractivity contribution in [2.45, 2.75) is 32.7 Å². The molecule has 0 saturated heterocycles. The van der Waals surface area contributed by atoms with Gasteiger partial charge in [0.25, 0.3) is 0 Å². The zero-order valence-electron chi connectivity index (χ0n) is 18.8. The van der Waals surface area contributed by atoms with Gasteiger partial charge < -0.3 is 29.7 Å². The summed E-state index contributed by atoms with van der Waals surface area (Å²) >= 11 is 0. The summed E-state index contributed by atoms with van der Waals surface area (Å²) in [6.45, 7) is 3.65. The van der Waals surface area contributed by atoms with E-state index in [0.29, 0.717) is 30.1 Å². The van der Waals surface area contributed by atoms with E-state index in [4.69, 9.17) is 14.2 Å². The predicted molar refractivity (Wildman–Crippen MR) is 119 cm³/mol. The number of amides is 1. The van der Waals surface area contributed by atoms with E-state index in [-0.39, 0.29) is 30.2 Å². The number of aliphatic hydroxyl groups is 1. The summed E-state index contributed by atoms with van der Waals surface area (Å²) in [7, 11) is 4.63. The minimum Gasteiger partial charge on any atom is -0.504 e. The average Bonchev–Trinajstić information content (AvgIpc) is 2.76. The van der Waals surface area contributed by atoms with Crippen LogP contribution in [0.5, 0.6) is 23.0 Å². The third-order valence-corrected chi connectivity index (χ3v) is 5.22. The molecule has 0 radical (unpaired) electrons. The molecule has 0 aliphatic rings. The fourth-order valence-electron chi connectivity index (χ4n) is 3.61. The largest absolute Gasteiger partial charge is 0.504 e. The lowest BCUT2D eigenvalue weighted by molar-refractivity contribution is -0.127. The number of benzene rings is 2. The zero-order chi connectivity index (χ0) is 23.0. The highest BCUT2D eigenvalue weighted by Crippen LogP contribution is 2.32. The van der Waals surface area contributed by atoms with Crippen LogP contribution < -0.4 is 19.5 Å². The minimum absolute atomic E-state index is 0.0234. The number of hydrogen-bond acceptors (Lipinski definition) is 6. The topological polar surface area (TPSA) is 97.3 Å². The van der Waals surface area contributed by atoms with Crippen LogP contribution in [0.2, 0.25) is 0 Å². The van der Waals surface area contributed by atoms with Gasteiger partial charge in [-0.05, 0) is 68.0 Å². The summed E-state index contributed by atoms with van der Waals surface area (Å²) in [5.74, 6) is 0.688. The summed E-state index contributed by atoms with van der Waals surface area (Å²) in [6.07, 6.45) is 0.885. The molecule has 3 N–H and O–H groups in total. The lowest BCUT2D eigenvalue weighted by Gasteiger charge is -2.26. The molecule has 0 unspecified atom stereocenters. The Balaban J connectivity index is 2.33. The van der Waals surface area contributed by atoms with Crippen molar-refractivity contribution < 1.29 is 29.2 Å². The molecule has 0 fully saturated rings. The molecule has 0 aliphatic heterocycles. The van der Waals surface area contributed by atoms with Gasteiger partial charge in [0.15, 0.2) is 23.0 Å². The molecule has 31 heavy (non-hydrogen) atoms. The van der Waals surface area contributed by atoms with Gasteiger partial charge in [-0.15, -0.1) is 0 Å². The Kier molecular flexibility index (Phi) is 9.00. The van der Waals surface area contributed by atoms with Crippen LogP contribution in [-0.4, -0.2) is 50.1 Å². The van der Waals surface area contributed by atoms with Gasteiger partial charge in [-0.3, -0.25) is 4.79 Å². The Morgan fingerprint density at radius 1 is 0.903 bits per heavy atom. The molecule has 0 aromatic heterocycles. The zero-order valence-corrected chi connectivity index (χ0v) is 18.8. The molecule has 0 bridgehead atoms. The third kappa shape index (κ3) is 6.52. The Morgan fingerprint density at radius 3 is 2.06 bits per heavy atom. The molecule has 170 valence electrons. The molecular weight excluding hydrogens is 398 g/mol. The van der Waals surface area contributed by atoms with E-state index in [9.17, 15) is 15.0 Å². The first-order chi connectivity index (χ1) is 14.8. The highest BCUT2D eigenvalue weighted by molar-refractivity contribution is 5.79. The smallest absolute Gasteiger partial charge is 0.224 e. The van der Waals surface area contributed by atoms with E-state index >= 15 is 0 Å². The van der Waals surface area contributed by atoms with Crippen LogP contribution in [0.4, 0.5) is 0 Å². The second-order valence-electron chi connectivity index (χ2n) is 7.82. The first-order valence-electron chi connectivity index (χ1n) is 10.3. The molecule has 0 spiro atoms. The van der Waals surface area contributed by atoms with Gasteiger partial charge in [0.1, 0.15) is 0 Å². The number of phenols is 1. The average molecular weight is 432 g/mol. The highest BCUT2D eigenvalue weighted by atomic mass is 16.5. The van der Waals surface area contributed by atoms with E-state index in [1.165, 1.54) is 7.11 Å². The summed E-state index contributed by atoms with van der Waals surface area (Å²) in [5, 5.41) is 23.0. The lowest BCUT2D eigenvalue weighted by Crippen LogP contribution is -2.41. The van der Waals surface area contributed by atoms with Crippen LogP contribution in [0.1, 0.15) is 25.0 Å². The van der Waals surface area contributed by atoms with E-state index < -0.39 is 5.92 Å². The van der Waals surface area contributed by atoms with Gasteiger partial charge in [0.2, 0.25) is 5.91 Å². The summed E-state index contributed by atoms with van der Waals surface area (Å²) < 4.78 is 15.9. The van der Waals surface area contributed by atoms with Gasteiger partial charge >= 0.3 is 0 Å². The van der Waals surface area contributed by atoms with Crippen molar-refractivity contribution in [2.24, 2.45) is 11.8 Å². The number of methoxy groups -OCH3 is 3. The normalized spacial score (nSPS) is 12.9. The minimum atomic E-state index is -0.477. The number of carbonyl (C=O) groups is 1. The molecule has 0 saturated carbocycles. The Hall–Kier alpha value is -2.93. The number of rotatable bonds is 11. The Bertz CT molecular complexity index is 867. The molecule has 0 aliphatic carbocycles. The van der Waals surface area contributed by atoms with Gasteiger partial charge in [-0.25, -0.2) is 0 Å². The van der Waals surface area contributed by atoms with Crippen LogP contribution >= 0.6 is 0 Å². The second-order valence-corrected chi connectivity index (χ2v) is 7.82. The van der Waals surface area contributed by atoms with Crippen molar-refractivity contribution in [3.8, 4) is 23.0 Å². The fourth-order valence-corrected chi connectivity index (χ4v) is 3.61. The van der Waals surface area contributed by atoms with Crippen LogP contribution in [0, 0.1) is 11.8 Å². The van der Waals surface area contributed by atoms with Gasteiger partial charge in [0.05, 0.1) is 21.3 Å². The summed E-state index contributed by atoms with van der Waals surface area (Å²) in [4.78, 5) is 13.0. The van der Waals surface area contributed by atoms with Gasteiger partial charge in [0, 0.05) is 18.6 Å². The summed E-state index contributed by atoms with van der Waals surface area (Å²) in [5.41, 5.74) is 1.77. The van der Waals surface area contributed by atoms with Crippen molar-refractivity contribution in [3.63, 3.8) is 0 Å². The van der Waals surface area contributed by atoms with Crippen molar-refractivity contribution in [1.82, 2.24) is 5.32 Å². The number of aromatic hydroxyl groups is 1. The molecule has 2 atom stereocenters. The van der Waals surface area contributed by atoms with Crippen LogP contribution in [0.25, 0.3) is 0 Å². The van der Waals surface area contributed by atoms with E-state index in [2.05, 4.69) is 5.32 Å². The van der Waals surface area contributed by atoms with Crippen LogP contribution in [-0.2, 0) is 17.6 Å². The number of phenolic OH excluding ortho intramolecular Hbond substituents is 1. The number of aliphatic hydroxyl groups excluding tert-OH is 1. The molecule has 2 rings (SSSR count). The molecule has 7 heteroatoms. The first kappa shape index (κ1) is 24.3. The third-order valence-electron chi connectivity index (χ3n) is 5.22. The van der Waals surface area contributed by atoms with E-state index in [1.807, 2.05) is 32.0 Å². The van der Waals surface area contributed by atoms with E-state index in [1.54, 1.807) is 32.4 Å². The van der Waals surface area contributed by atoms with Crippen molar-refractivity contribution in [2.75, 3.05) is 27.9 Å². The van der Waals surface area contributed by atoms with Crippen molar-refractivity contribution >= 4 is 5.91 Å². The number of nitrogens with one attached hydrogen (secondary N) is 1. The first-order valence-corrected chi connectivity index (χ1v) is 10.3. The molecule has 1 amide bonds. The molecular formula is C24H33NO6.